The summed E-state index contributed by atoms with van der Waals surface area (Å²) in [5, 5.41) is 2.44. The molecule has 3 nitrogen and oxygen atoms in total. The zero-order chi connectivity index (χ0) is 10.8. The van der Waals surface area contributed by atoms with E-state index < -0.39 is 11.7 Å². The lowest BCUT2D eigenvalue weighted by Crippen LogP contribution is -2.04. The molecule has 0 radical (unpaired) electrons. The van der Waals surface area contributed by atoms with E-state index in [-0.39, 0.29) is 11.4 Å². The maximum absolute atomic E-state index is 12.2. The van der Waals surface area contributed by atoms with E-state index in [1.165, 1.54) is 7.11 Å². The molecular weight excluding hydrogens is 199 g/mol. The summed E-state index contributed by atoms with van der Waals surface area (Å²) in [4.78, 5) is 10.2. The first-order valence-corrected chi connectivity index (χ1v) is 3.57. The molecule has 0 aliphatic heterocycles. The van der Waals surface area contributed by atoms with Gasteiger partial charge in [-0.2, -0.15) is 13.2 Å². The van der Waals surface area contributed by atoms with Crippen molar-refractivity contribution in [3.63, 3.8) is 0 Å². The molecule has 0 spiro atoms. The van der Waals surface area contributed by atoms with Crippen molar-refractivity contribution < 1.29 is 17.9 Å². The van der Waals surface area contributed by atoms with Crippen LogP contribution in [-0.4, -0.2) is 7.11 Å². The molecule has 0 fully saturated rings. The van der Waals surface area contributed by atoms with Gasteiger partial charge in [0.05, 0.1) is 12.7 Å². The topological polar surface area (TPSA) is 38.7 Å². The van der Waals surface area contributed by atoms with E-state index in [1.54, 1.807) is 0 Å². The molecule has 0 saturated heterocycles. The molecule has 0 heterocycles. The van der Waals surface area contributed by atoms with Crippen molar-refractivity contribution in [1.82, 2.24) is 0 Å². The predicted molar refractivity (Wildman–Crippen MR) is 43.5 cm³/mol. The van der Waals surface area contributed by atoms with Gasteiger partial charge >= 0.3 is 6.18 Å². The van der Waals surface area contributed by atoms with Crippen LogP contribution >= 0.6 is 0 Å². The van der Waals surface area contributed by atoms with Crippen molar-refractivity contribution in [2.75, 3.05) is 7.11 Å². The Labute approximate surface area is 77.5 Å². The van der Waals surface area contributed by atoms with Gasteiger partial charge < -0.3 is 4.74 Å². The monoisotopic (exact) mass is 205 g/mol. The largest absolute Gasteiger partial charge is 0.494 e. The number of nitroso groups, excluding NO2 is 1. The fourth-order valence-corrected chi connectivity index (χ4v) is 0.938. The number of hydrogen-bond acceptors (Lipinski definition) is 3. The van der Waals surface area contributed by atoms with Gasteiger partial charge in [-0.05, 0) is 23.4 Å². The number of nitrogens with zero attached hydrogens (tertiary/aromatic N) is 1. The van der Waals surface area contributed by atoms with Crippen LogP contribution in [0.1, 0.15) is 5.56 Å². The molecule has 0 saturated carbocycles. The Kier molecular flexibility index (Phi) is 2.73. The Morgan fingerprint density at radius 2 is 2.00 bits per heavy atom. The van der Waals surface area contributed by atoms with Crippen LogP contribution < -0.4 is 4.74 Å². The summed E-state index contributed by atoms with van der Waals surface area (Å²) in [6.07, 6.45) is -4.48. The molecule has 0 unspecified atom stereocenters. The third-order valence-corrected chi connectivity index (χ3v) is 1.60. The standard InChI is InChI=1S/C8H6F3NO2/c1-14-7-3-2-5(8(9,10)11)4-6(7)12-13/h2-4H,1H3. The van der Waals surface area contributed by atoms with Crippen molar-refractivity contribution in [2.45, 2.75) is 6.18 Å². The summed E-state index contributed by atoms with van der Waals surface area (Å²) >= 11 is 0. The molecule has 0 aromatic heterocycles. The zero-order valence-electron chi connectivity index (χ0n) is 7.13. The minimum atomic E-state index is -4.48. The second-order valence-electron chi connectivity index (χ2n) is 2.48. The highest BCUT2D eigenvalue weighted by Gasteiger charge is 2.31. The van der Waals surface area contributed by atoms with Crippen LogP contribution in [0.3, 0.4) is 0 Å². The number of alkyl halides is 3. The van der Waals surface area contributed by atoms with Crippen LogP contribution in [0, 0.1) is 4.91 Å². The van der Waals surface area contributed by atoms with Crippen LogP contribution in [0.5, 0.6) is 5.75 Å². The van der Waals surface area contributed by atoms with Gasteiger partial charge in [-0.3, -0.25) is 0 Å². The summed E-state index contributed by atoms with van der Waals surface area (Å²) in [6.45, 7) is 0. The van der Waals surface area contributed by atoms with E-state index >= 15 is 0 Å². The van der Waals surface area contributed by atoms with Gasteiger partial charge in [-0.25, -0.2) is 0 Å². The molecule has 0 N–H and O–H groups in total. The number of hydrogen-bond donors (Lipinski definition) is 0. The summed E-state index contributed by atoms with van der Waals surface area (Å²) < 4.78 is 41.1. The fraction of sp³-hybridized carbons (Fsp3) is 0.250. The molecule has 1 aromatic carbocycles. The predicted octanol–water partition coefficient (Wildman–Crippen LogP) is 3.11. The maximum atomic E-state index is 12.2. The van der Waals surface area contributed by atoms with Gasteiger partial charge in [0.1, 0.15) is 11.4 Å². The Hall–Kier alpha value is -1.59. The van der Waals surface area contributed by atoms with Gasteiger partial charge in [-0.1, -0.05) is 0 Å². The lowest BCUT2D eigenvalue weighted by atomic mass is 10.2. The van der Waals surface area contributed by atoms with E-state index in [4.69, 9.17) is 0 Å². The first-order chi connectivity index (χ1) is 6.49. The summed E-state index contributed by atoms with van der Waals surface area (Å²) in [6, 6.07) is 2.53. The molecule has 1 rings (SSSR count). The number of methoxy groups -OCH3 is 1. The molecule has 6 heteroatoms. The quantitative estimate of drug-likeness (QED) is 0.695. The zero-order valence-corrected chi connectivity index (χ0v) is 7.13. The Morgan fingerprint density at radius 1 is 1.36 bits per heavy atom. The van der Waals surface area contributed by atoms with E-state index in [0.29, 0.717) is 6.07 Å². The average molecular weight is 205 g/mol. The molecule has 14 heavy (non-hydrogen) atoms. The lowest BCUT2D eigenvalue weighted by Gasteiger charge is -2.08. The van der Waals surface area contributed by atoms with Crippen molar-refractivity contribution >= 4 is 5.69 Å². The van der Waals surface area contributed by atoms with Gasteiger partial charge in [0.2, 0.25) is 0 Å². The first kappa shape index (κ1) is 10.5. The Morgan fingerprint density at radius 3 is 2.43 bits per heavy atom. The number of halogens is 3. The van der Waals surface area contributed by atoms with Gasteiger partial charge in [-0.15, -0.1) is 4.91 Å². The van der Waals surface area contributed by atoms with E-state index in [2.05, 4.69) is 9.91 Å². The minimum Gasteiger partial charge on any atom is -0.494 e. The SMILES string of the molecule is COc1ccc(C(F)(F)F)cc1N=O. The van der Waals surface area contributed by atoms with E-state index in [1.807, 2.05) is 0 Å². The molecule has 1 aromatic rings. The highest BCUT2D eigenvalue weighted by atomic mass is 19.4. The van der Waals surface area contributed by atoms with Crippen molar-refractivity contribution in [3.8, 4) is 5.75 Å². The molecule has 0 aliphatic rings. The minimum absolute atomic E-state index is 0.0213. The second kappa shape index (κ2) is 3.65. The average Bonchev–Trinajstić information content (AvgIpc) is 2.15. The summed E-state index contributed by atoms with van der Waals surface area (Å²) in [5.41, 5.74) is -1.28. The molecule has 0 aliphatic carbocycles. The first-order valence-electron chi connectivity index (χ1n) is 3.57. The second-order valence-corrected chi connectivity index (χ2v) is 2.48. The smallest absolute Gasteiger partial charge is 0.416 e. The van der Waals surface area contributed by atoms with Crippen LogP contribution in [0.25, 0.3) is 0 Å². The molecule has 0 atom stereocenters. The maximum Gasteiger partial charge on any atom is 0.416 e. The summed E-state index contributed by atoms with van der Waals surface area (Å²) in [5.74, 6) is 0.0213. The molecule has 76 valence electrons. The highest BCUT2D eigenvalue weighted by Crippen LogP contribution is 2.35. The normalized spacial score (nSPS) is 11.1. The number of rotatable bonds is 2. The lowest BCUT2D eigenvalue weighted by molar-refractivity contribution is -0.137. The van der Waals surface area contributed by atoms with Gasteiger partial charge in [0.25, 0.3) is 0 Å². The Balaban J connectivity index is 3.21. The van der Waals surface area contributed by atoms with Crippen LogP contribution in [0.4, 0.5) is 18.9 Å². The highest BCUT2D eigenvalue weighted by molar-refractivity contribution is 5.53. The number of benzene rings is 1. The molecule has 0 amide bonds. The molecule has 0 bridgehead atoms. The van der Waals surface area contributed by atoms with Crippen LogP contribution in [0.15, 0.2) is 23.4 Å². The van der Waals surface area contributed by atoms with Crippen molar-refractivity contribution in [3.05, 3.63) is 28.7 Å². The third-order valence-electron chi connectivity index (χ3n) is 1.60. The van der Waals surface area contributed by atoms with Gasteiger partial charge in [0, 0.05) is 0 Å². The van der Waals surface area contributed by atoms with E-state index in [9.17, 15) is 18.1 Å². The Bertz CT molecular complexity index is 349. The third kappa shape index (κ3) is 2.01. The fourth-order valence-electron chi connectivity index (χ4n) is 0.938. The summed E-state index contributed by atoms with van der Waals surface area (Å²) in [7, 11) is 1.25. The van der Waals surface area contributed by atoms with Gasteiger partial charge in [0.15, 0.2) is 0 Å². The van der Waals surface area contributed by atoms with Crippen molar-refractivity contribution in [1.29, 1.82) is 0 Å². The number of ether oxygens (including phenoxy) is 1. The van der Waals surface area contributed by atoms with Crippen LogP contribution in [0.2, 0.25) is 0 Å². The van der Waals surface area contributed by atoms with Crippen LogP contribution in [-0.2, 0) is 6.18 Å². The van der Waals surface area contributed by atoms with Crippen molar-refractivity contribution in [2.24, 2.45) is 5.18 Å². The molecular formula is C8H6F3NO2. The van der Waals surface area contributed by atoms with E-state index in [0.717, 1.165) is 12.1 Å².